The van der Waals surface area contributed by atoms with Gasteiger partial charge in [-0.1, -0.05) is 23.8 Å². The largest absolute Gasteiger partial charge is 0.461 e. The summed E-state index contributed by atoms with van der Waals surface area (Å²) in [5.74, 6) is -0.0234. The van der Waals surface area contributed by atoms with Crippen molar-refractivity contribution in [3.8, 4) is 0 Å². The van der Waals surface area contributed by atoms with Crippen LogP contribution >= 0.6 is 11.3 Å². The van der Waals surface area contributed by atoms with Crippen molar-refractivity contribution < 1.29 is 9.21 Å². The lowest BCUT2D eigenvalue weighted by atomic mass is 10.1. The second-order valence-corrected chi connectivity index (χ2v) is 6.36. The molecule has 0 atom stereocenters. The molecule has 1 aromatic carbocycles. The average molecular weight is 325 g/mol. The third-order valence-electron chi connectivity index (χ3n) is 3.42. The van der Waals surface area contributed by atoms with Gasteiger partial charge in [0.2, 0.25) is 5.78 Å². The molecule has 0 aliphatic carbocycles. The summed E-state index contributed by atoms with van der Waals surface area (Å²) in [4.78, 5) is 26.7. The van der Waals surface area contributed by atoms with Crippen molar-refractivity contribution in [3.05, 3.63) is 78.6 Å². The predicted octanol–water partition coefficient (Wildman–Crippen LogP) is 2.14. The van der Waals surface area contributed by atoms with Crippen molar-refractivity contribution in [1.29, 1.82) is 0 Å². The van der Waals surface area contributed by atoms with Crippen molar-refractivity contribution in [3.63, 3.8) is 0 Å². The minimum Gasteiger partial charge on any atom is -0.461 e. The minimum absolute atomic E-state index is 0.200. The highest BCUT2D eigenvalue weighted by Gasteiger charge is 2.05. The minimum atomic E-state index is -0.273. The van der Waals surface area contributed by atoms with E-state index in [0.29, 0.717) is 9.20 Å². The first-order valence-corrected chi connectivity index (χ1v) is 7.92. The highest BCUT2D eigenvalue weighted by Crippen LogP contribution is 2.10. The van der Waals surface area contributed by atoms with Crippen LogP contribution in [-0.2, 0) is 0 Å². The third kappa shape index (κ3) is 3.40. The topological polar surface area (TPSA) is 63.1 Å². The van der Waals surface area contributed by atoms with Gasteiger partial charge in [-0.25, -0.2) is 0 Å². The van der Waals surface area contributed by atoms with Crippen LogP contribution in [0.5, 0.6) is 0 Å². The number of Topliss-reactive ketones (excluding diaryl/α,β-unsaturated/α-hetero) is 1. The molecule has 23 heavy (non-hydrogen) atoms. The van der Waals surface area contributed by atoms with E-state index < -0.39 is 0 Å². The number of benzene rings is 1. The van der Waals surface area contributed by atoms with Gasteiger partial charge in [0, 0.05) is 6.08 Å². The molecule has 0 radical (unpaired) electrons. The summed E-state index contributed by atoms with van der Waals surface area (Å²) in [6.45, 7) is 4.04. The number of nitrogens with one attached hydrogen (secondary N) is 1. The number of ketones is 1. The Balaban J connectivity index is 2.03. The standard InChI is InChI=1S/C18H15NO3S/c1-11-5-6-13(12(2)8-11)9-16-18(21)19-17(23-16)10-14(20)15-4-3-7-22-15/h3-10H,1-2H3,(H,19,21)/b16-9-,17-10-. The molecule has 0 aliphatic heterocycles. The van der Waals surface area contributed by atoms with E-state index in [1.165, 1.54) is 29.2 Å². The number of aromatic nitrogens is 1. The Kier molecular flexibility index (Phi) is 4.12. The molecule has 0 saturated heterocycles. The zero-order chi connectivity index (χ0) is 16.4. The number of hydrogen-bond acceptors (Lipinski definition) is 4. The molecule has 1 N–H and O–H groups in total. The number of aryl methyl sites for hydroxylation is 2. The van der Waals surface area contributed by atoms with Crippen LogP contribution in [0.1, 0.15) is 27.2 Å². The van der Waals surface area contributed by atoms with Gasteiger partial charge >= 0.3 is 0 Å². The number of aromatic amines is 1. The zero-order valence-corrected chi connectivity index (χ0v) is 13.6. The maximum absolute atomic E-state index is 12.1. The number of hydrogen-bond donors (Lipinski definition) is 1. The zero-order valence-electron chi connectivity index (χ0n) is 12.8. The number of thiazole rings is 1. The molecule has 4 nitrogen and oxygen atoms in total. The monoisotopic (exact) mass is 325 g/mol. The normalized spacial score (nSPS) is 12.8. The van der Waals surface area contributed by atoms with E-state index in [2.05, 4.69) is 11.1 Å². The number of carbonyl (C=O) groups is 1. The van der Waals surface area contributed by atoms with Gasteiger partial charge < -0.3 is 9.40 Å². The summed E-state index contributed by atoms with van der Waals surface area (Å²) in [6, 6.07) is 9.31. The molecule has 2 heterocycles. The summed E-state index contributed by atoms with van der Waals surface area (Å²) >= 11 is 1.25. The number of furan rings is 1. The van der Waals surface area contributed by atoms with Crippen molar-refractivity contribution >= 4 is 29.3 Å². The van der Waals surface area contributed by atoms with Crippen molar-refractivity contribution in [2.24, 2.45) is 0 Å². The van der Waals surface area contributed by atoms with E-state index in [-0.39, 0.29) is 17.1 Å². The van der Waals surface area contributed by atoms with Crippen LogP contribution in [0.15, 0.2) is 45.8 Å². The van der Waals surface area contributed by atoms with Gasteiger partial charge in [0.25, 0.3) is 5.56 Å². The van der Waals surface area contributed by atoms with E-state index in [1.807, 2.05) is 32.1 Å². The molecule has 0 bridgehead atoms. The van der Waals surface area contributed by atoms with Crippen LogP contribution in [0.25, 0.3) is 12.2 Å². The molecule has 3 rings (SSSR count). The summed E-state index contributed by atoms with van der Waals surface area (Å²) < 4.78 is 6.12. The smallest absolute Gasteiger partial charge is 0.266 e. The lowest BCUT2D eigenvalue weighted by molar-refractivity contribution is 0.103. The Morgan fingerprint density at radius 2 is 2.09 bits per heavy atom. The van der Waals surface area contributed by atoms with Gasteiger partial charge in [-0.15, -0.1) is 11.3 Å². The van der Waals surface area contributed by atoms with E-state index in [4.69, 9.17) is 4.42 Å². The fraction of sp³-hybridized carbons (Fsp3) is 0.111. The van der Waals surface area contributed by atoms with Gasteiger partial charge in [0.05, 0.1) is 15.5 Å². The second kappa shape index (κ2) is 6.22. The molecule has 0 fully saturated rings. The molecule has 5 heteroatoms. The Hall–Kier alpha value is -2.66. The van der Waals surface area contributed by atoms with Crippen LogP contribution in [0.4, 0.5) is 0 Å². The van der Waals surface area contributed by atoms with Crippen molar-refractivity contribution in [1.82, 2.24) is 4.98 Å². The Labute approximate surface area is 136 Å². The summed E-state index contributed by atoms with van der Waals surface area (Å²) in [7, 11) is 0. The van der Waals surface area contributed by atoms with Crippen LogP contribution in [0, 0.1) is 13.8 Å². The number of H-pyrrole nitrogens is 1. The predicted molar refractivity (Wildman–Crippen MR) is 91.2 cm³/mol. The Bertz CT molecular complexity index is 1020. The summed E-state index contributed by atoms with van der Waals surface area (Å²) in [6.07, 6.45) is 4.66. The molecule has 0 amide bonds. The van der Waals surface area contributed by atoms with Gasteiger partial charge in [-0.3, -0.25) is 9.59 Å². The molecule has 0 spiro atoms. The molecular formula is C18H15NO3S. The van der Waals surface area contributed by atoms with Crippen LogP contribution in [0.3, 0.4) is 0 Å². The lowest BCUT2D eigenvalue weighted by Crippen LogP contribution is -2.20. The maximum Gasteiger partial charge on any atom is 0.266 e. The van der Waals surface area contributed by atoms with E-state index in [9.17, 15) is 9.59 Å². The fourth-order valence-corrected chi connectivity index (χ4v) is 3.14. The molecular weight excluding hydrogens is 310 g/mol. The van der Waals surface area contributed by atoms with Crippen LogP contribution < -0.4 is 14.8 Å². The number of carbonyl (C=O) groups excluding carboxylic acids is 1. The van der Waals surface area contributed by atoms with Gasteiger partial charge in [0.15, 0.2) is 5.76 Å². The maximum atomic E-state index is 12.1. The molecule has 0 aliphatic rings. The Morgan fingerprint density at radius 1 is 1.26 bits per heavy atom. The SMILES string of the molecule is Cc1ccc(/C=c2\s/c(=C\C(=O)c3ccco3)[nH]c2=O)c(C)c1. The highest BCUT2D eigenvalue weighted by molar-refractivity contribution is 7.07. The molecule has 0 saturated carbocycles. The third-order valence-corrected chi connectivity index (χ3v) is 4.38. The van der Waals surface area contributed by atoms with Crippen LogP contribution in [0.2, 0.25) is 0 Å². The first-order chi connectivity index (χ1) is 11.0. The quantitative estimate of drug-likeness (QED) is 0.751. The molecule has 3 aromatic rings. The first-order valence-electron chi connectivity index (χ1n) is 7.10. The van der Waals surface area contributed by atoms with E-state index >= 15 is 0 Å². The van der Waals surface area contributed by atoms with Crippen molar-refractivity contribution in [2.75, 3.05) is 0 Å². The first kappa shape index (κ1) is 15.2. The van der Waals surface area contributed by atoms with Crippen molar-refractivity contribution in [2.45, 2.75) is 13.8 Å². The van der Waals surface area contributed by atoms with Gasteiger partial charge in [-0.2, -0.15) is 0 Å². The Morgan fingerprint density at radius 3 is 2.78 bits per heavy atom. The van der Waals surface area contributed by atoms with E-state index in [0.717, 1.165) is 11.1 Å². The molecule has 116 valence electrons. The van der Waals surface area contributed by atoms with E-state index in [1.54, 1.807) is 12.1 Å². The summed E-state index contributed by atoms with van der Waals surface area (Å²) in [5.41, 5.74) is 3.08. The molecule has 2 aromatic heterocycles. The molecule has 0 unspecified atom stereocenters. The lowest BCUT2D eigenvalue weighted by Gasteiger charge is -2.00. The summed E-state index contributed by atoms with van der Waals surface area (Å²) in [5, 5.41) is 0. The second-order valence-electron chi connectivity index (χ2n) is 5.27. The average Bonchev–Trinajstić information content (AvgIpc) is 3.12. The fourth-order valence-electron chi connectivity index (χ4n) is 2.26. The van der Waals surface area contributed by atoms with Crippen LogP contribution in [-0.4, -0.2) is 10.8 Å². The number of rotatable bonds is 3. The van der Waals surface area contributed by atoms with Gasteiger partial charge in [-0.05, 0) is 43.2 Å². The van der Waals surface area contributed by atoms with Gasteiger partial charge in [0.1, 0.15) is 0 Å². The highest BCUT2D eigenvalue weighted by atomic mass is 32.1.